The monoisotopic (exact) mass is 563 g/mol. The number of carbonyl (C=O) groups is 1. The first-order chi connectivity index (χ1) is 18.7. The van der Waals surface area contributed by atoms with Crippen molar-refractivity contribution in [3.8, 4) is 0 Å². The van der Waals surface area contributed by atoms with Crippen molar-refractivity contribution in [3.05, 3.63) is 77.0 Å². The second kappa shape index (κ2) is 11.1. The Morgan fingerprint density at radius 3 is 2.38 bits per heavy atom. The number of fused-ring (bicyclic) bond motifs is 2. The Hall–Kier alpha value is -3.03. The average Bonchev–Trinajstić information content (AvgIpc) is 3.21. The second-order valence-corrected chi connectivity index (χ2v) is 13.6. The van der Waals surface area contributed by atoms with Gasteiger partial charge in [-0.25, -0.2) is 0 Å². The molecule has 0 aromatic heterocycles. The van der Waals surface area contributed by atoms with E-state index in [1.165, 1.54) is 28.6 Å². The van der Waals surface area contributed by atoms with Crippen molar-refractivity contribution in [1.82, 2.24) is 0 Å². The van der Waals surface area contributed by atoms with Crippen molar-refractivity contribution in [2.75, 3.05) is 18.0 Å². The second-order valence-electron chi connectivity index (χ2n) is 12.1. The molecule has 0 fully saturated rings. The van der Waals surface area contributed by atoms with Gasteiger partial charge in [-0.05, 0) is 77.3 Å². The van der Waals surface area contributed by atoms with Crippen molar-refractivity contribution in [3.63, 3.8) is 0 Å². The Kier molecular flexibility index (Phi) is 8.30. The smallest absolute Gasteiger partial charge is 0.294 e. The molecular formula is C33H43N2O4S+. The minimum Gasteiger partial charge on any atom is -0.344 e. The van der Waals surface area contributed by atoms with Crippen molar-refractivity contribution in [1.29, 1.82) is 0 Å². The third-order valence-corrected chi connectivity index (χ3v) is 9.29. The van der Waals surface area contributed by atoms with Gasteiger partial charge in [0.1, 0.15) is 12.3 Å². The number of Topliss-reactive ketones (excluding diaryl/α,β-unsaturated/α-hetero) is 1. The number of likely N-dealkylation sites (N-methyl/N-ethyl adjacent to an activating group) is 1. The summed E-state index contributed by atoms with van der Waals surface area (Å²) >= 11 is 0. The topological polar surface area (TPSA) is 77.7 Å². The molecule has 4 rings (SSSR count). The van der Waals surface area contributed by atoms with E-state index < -0.39 is 15.5 Å². The van der Waals surface area contributed by atoms with Crippen LogP contribution in [0, 0.1) is 6.92 Å². The normalized spacial score (nSPS) is 18.6. The van der Waals surface area contributed by atoms with Crippen LogP contribution in [0.15, 0.2) is 65.2 Å². The number of anilines is 1. The third kappa shape index (κ3) is 5.59. The molecule has 2 aromatic carbocycles. The van der Waals surface area contributed by atoms with E-state index >= 15 is 0 Å². The zero-order valence-electron chi connectivity index (χ0n) is 24.9. The Bertz CT molecular complexity index is 1530. The van der Waals surface area contributed by atoms with E-state index in [1.807, 2.05) is 0 Å². The highest BCUT2D eigenvalue weighted by Crippen LogP contribution is 2.48. The lowest BCUT2D eigenvalue weighted by molar-refractivity contribution is -0.438. The van der Waals surface area contributed by atoms with Crippen LogP contribution >= 0.6 is 0 Å². The van der Waals surface area contributed by atoms with E-state index in [1.54, 1.807) is 19.1 Å². The molecule has 0 radical (unpaired) electrons. The van der Waals surface area contributed by atoms with Crippen LogP contribution in [-0.2, 0) is 25.7 Å². The maximum absolute atomic E-state index is 11.9. The van der Waals surface area contributed by atoms with Gasteiger partial charge in [-0.2, -0.15) is 13.0 Å². The van der Waals surface area contributed by atoms with Gasteiger partial charge in [0.2, 0.25) is 5.69 Å². The summed E-state index contributed by atoms with van der Waals surface area (Å²) in [7, 11) is -4.31. The van der Waals surface area contributed by atoms with Crippen molar-refractivity contribution in [2.24, 2.45) is 0 Å². The number of rotatable bonds is 10. The first-order valence-corrected chi connectivity index (χ1v) is 15.7. The number of hydrogen-bond acceptors (Lipinski definition) is 4. The number of allylic oxidation sites excluding steroid dienone is 4. The van der Waals surface area contributed by atoms with Crippen molar-refractivity contribution >= 4 is 33.0 Å². The minimum atomic E-state index is -4.31. The van der Waals surface area contributed by atoms with E-state index in [4.69, 9.17) is 0 Å². The Labute approximate surface area is 239 Å². The summed E-state index contributed by atoms with van der Waals surface area (Å²) in [6.07, 6.45) is 9.77. The number of carbonyl (C=O) groups excluding carboxylic acids is 1. The molecule has 0 bridgehead atoms. The molecule has 6 nitrogen and oxygen atoms in total. The molecule has 0 amide bonds. The van der Waals surface area contributed by atoms with E-state index in [9.17, 15) is 17.8 Å². The summed E-state index contributed by atoms with van der Waals surface area (Å²) in [5, 5.41) is 0. The molecule has 214 valence electrons. The zero-order chi connectivity index (χ0) is 29.5. The molecule has 2 heterocycles. The summed E-state index contributed by atoms with van der Waals surface area (Å²) in [6.45, 7) is 16.3. The van der Waals surface area contributed by atoms with Crippen molar-refractivity contribution in [2.45, 2.75) is 89.9 Å². The molecule has 0 aliphatic carbocycles. The molecule has 0 spiro atoms. The highest BCUT2D eigenvalue weighted by Gasteiger charge is 2.45. The molecule has 40 heavy (non-hydrogen) atoms. The fourth-order valence-corrected chi connectivity index (χ4v) is 6.74. The molecule has 2 aromatic rings. The Morgan fingerprint density at radius 2 is 1.73 bits per heavy atom. The predicted octanol–water partition coefficient (Wildman–Crippen LogP) is 7.03. The van der Waals surface area contributed by atoms with Crippen LogP contribution < -0.4 is 4.90 Å². The van der Waals surface area contributed by atoms with Gasteiger partial charge in [0.25, 0.3) is 10.1 Å². The number of aryl methyl sites for hydroxylation is 1. The lowest BCUT2D eigenvalue weighted by Gasteiger charge is -2.25. The van der Waals surface area contributed by atoms with E-state index in [0.29, 0.717) is 6.42 Å². The highest BCUT2D eigenvalue weighted by molar-refractivity contribution is 7.85. The Morgan fingerprint density at radius 1 is 1.00 bits per heavy atom. The number of hydrogen-bond donors (Lipinski definition) is 1. The van der Waals surface area contributed by atoms with E-state index in [2.05, 4.69) is 87.4 Å². The highest BCUT2D eigenvalue weighted by atomic mass is 32.2. The molecule has 2 aliphatic heterocycles. The molecule has 0 saturated heterocycles. The van der Waals surface area contributed by atoms with E-state index in [0.717, 1.165) is 49.3 Å². The maximum atomic E-state index is 11.9. The summed E-state index contributed by atoms with van der Waals surface area (Å²) in [4.78, 5) is 13.7. The van der Waals surface area contributed by atoms with Gasteiger partial charge in [-0.1, -0.05) is 37.6 Å². The fourth-order valence-electron chi connectivity index (χ4n) is 6.24. The van der Waals surface area contributed by atoms with Crippen LogP contribution in [0.2, 0.25) is 0 Å². The van der Waals surface area contributed by atoms with Crippen LogP contribution in [0.1, 0.15) is 83.9 Å². The molecule has 2 aliphatic rings. The quantitative estimate of drug-likeness (QED) is 0.191. The summed E-state index contributed by atoms with van der Waals surface area (Å²) in [5.74, 6) is 0.210. The molecular weight excluding hydrogens is 520 g/mol. The van der Waals surface area contributed by atoms with Gasteiger partial charge < -0.3 is 9.69 Å². The number of benzene rings is 2. The maximum Gasteiger partial charge on any atom is 0.294 e. The largest absolute Gasteiger partial charge is 0.344 e. The standard InChI is InChI=1S/C33H42N2O4S/c1-8-34-28-18-16-23(2)21-26(28)32(4,5)30(34)14-12-15-31-33(6,7)27-22-25(40(37,38)39)17-19-29(27)35(31)20-11-9-10-13-24(3)36/h12,14-19,21-22H,8-11,13,20H2,1-7H3/p+1. The lowest BCUT2D eigenvalue weighted by Crippen LogP contribution is -2.28. The number of ketones is 1. The molecule has 0 unspecified atom stereocenters. The molecule has 1 N–H and O–H groups in total. The number of nitrogens with zero attached hydrogens (tertiary/aromatic N) is 2. The van der Waals surface area contributed by atoms with Gasteiger partial charge in [0.15, 0.2) is 5.71 Å². The lowest BCUT2D eigenvalue weighted by atomic mass is 9.81. The zero-order valence-corrected chi connectivity index (χ0v) is 25.7. The first-order valence-electron chi connectivity index (χ1n) is 14.2. The van der Waals surface area contributed by atoms with Gasteiger partial charge >= 0.3 is 0 Å². The van der Waals surface area contributed by atoms with Crippen LogP contribution in [0.25, 0.3) is 0 Å². The van der Waals surface area contributed by atoms with Gasteiger partial charge in [-0.15, -0.1) is 0 Å². The summed E-state index contributed by atoms with van der Waals surface area (Å²) in [5.41, 5.74) is 7.37. The van der Waals surface area contributed by atoms with Crippen LogP contribution in [0.4, 0.5) is 11.4 Å². The summed E-state index contributed by atoms with van der Waals surface area (Å²) < 4.78 is 35.9. The number of unbranched alkanes of at least 4 members (excludes halogenated alkanes) is 2. The Balaban J connectivity index is 1.73. The average molecular weight is 564 g/mol. The third-order valence-electron chi connectivity index (χ3n) is 8.44. The molecule has 7 heteroatoms. The molecule has 0 saturated carbocycles. The van der Waals surface area contributed by atoms with Crippen molar-refractivity contribution < 1.29 is 22.3 Å². The van der Waals surface area contributed by atoms with Gasteiger partial charge in [0, 0.05) is 53.9 Å². The van der Waals surface area contributed by atoms with Crippen LogP contribution in [-0.4, -0.2) is 42.1 Å². The predicted molar refractivity (Wildman–Crippen MR) is 163 cm³/mol. The molecule has 0 atom stereocenters. The van der Waals surface area contributed by atoms with Crippen LogP contribution in [0.3, 0.4) is 0 Å². The first kappa shape index (κ1) is 29.9. The SMILES string of the molecule is CCN1C(=CC=CC2=[N+](CCCCCC(C)=O)c3ccc(S(=O)(=O)O)cc3C2(C)C)C(C)(C)c2cc(C)ccc21. The van der Waals surface area contributed by atoms with Gasteiger partial charge in [0.05, 0.1) is 10.3 Å². The minimum absolute atomic E-state index is 0.0903. The fraction of sp³-hybridized carbons (Fsp3) is 0.455. The van der Waals surface area contributed by atoms with Crippen LogP contribution in [0.5, 0.6) is 0 Å². The van der Waals surface area contributed by atoms with Gasteiger partial charge in [-0.3, -0.25) is 4.55 Å². The summed E-state index contributed by atoms with van der Waals surface area (Å²) in [6, 6.07) is 11.5. The van der Waals surface area contributed by atoms with E-state index in [-0.39, 0.29) is 16.1 Å².